The highest BCUT2D eigenvalue weighted by molar-refractivity contribution is 5.69. The number of carbonyl (C=O) groups excluding carboxylic acids is 2. The Kier molecular flexibility index (Phi) is 7.78. The number of fused-ring (bicyclic) bond motifs is 1. The number of esters is 1. The van der Waals surface area contributed by atoms with Gasteiger partial charge in [0, 0.05) is 45.6 Å². The van der Waals surface area contributed by atoms with Gasteiger partial charge in [0.2, 0.25) is 0 Å². The Labute approximate surface area is 226 Å². The average molecular weight is 521 g/mol. The molecule has 2 aromatic rings. The lowest BCUT2D eigenvalue weighted by Gasteiger charge is -2.60. The number of carbonyl (C=O) groups is 2. The van der Waals surface area contributed by atoms with Crippen molar-refractivity contribution in [3.05, 3.63) is 65.7 Å². The molecule has 2 saturated carbocycles. The Hall–Kier alpha value is -2.90. The maximum Gasteiger partial charge on any atom is 0.410 e. The fourth-order valence-corrected chi connectivity index (χ4v) is 6.71. The summed E-state index contributed by atoms with van der Waals surface area (Å²) in [5.74, 6) is 1.03. The van der Waals surface area contributed by atoms with E-state index in [0.29, 0.717) is 5.75 Å². The first-order chi connectivity index (χ1) is 18.3. The molecule has 5 rings (SSSR count). The number of benzene rings is 2. The van der Waals surface area contributed by atoms with E-state index in [1.165, 1.54) is 19.8 Å². The van der Waals surface area contributed by atoms with Crippen molar-refractivity contribution in [2.24, 2.45) is 5.92 Å². The van der Waals surface area contributed by atoms with Crippen LogP contribution in [0.5, 0.6) is 5.75 Å². The molecule has 3 atom stereocenters. The molecule has 1 amide bonds. The minimum atomic E-state index is -0.389. The molecule has 7 nitrogen and oxygen atoms in total. The van der Waals surface area contributed by atoms with Crippen molar-refractivity contribution >= 4 is 12.1 Å². The number of likely N-dealkylation sites (tertiary alicyclic amines) is 1. The van der Waals surface area contributed by atoms with E-state index in [1.54, 1.807) is 4.90 Å². The third kappa shape index (κ3) is 5.45. The van der Waals surface area contributed by atoms with Crippen LogP contribution in [0, 0.1) is 5.92 Å². The predicted molar refractivity (Wildman–Crippen MR) is 145 cm³/mol. The molecule has 0 aromatic heterocycles. The molecule has 3 unspecified atom stereocenters. The van der Waals surface area contributed by atoms with Gasteiger partial charge in [0.25, 0.3) is 0 Å². The summed E-state index contributed by atoms with van der Waals surface area (Å²) >= 11 is 0. The molecule has 3 aliphatic rings. The van der Waals surface area contributed by atoms with E-state index < -0.39 is 0 Å². The number of hydrogen-bond acceptors (Lipinski definition) is 6. The number of rotatable bonds is 8. The maximum absolute atomic E-state index is 13.1. The first-order valence-corrected chi connectivity index (χ1v) is 13.8. The topological polar surface area (TPSA) is 68.3 Å². The van der Waals surface area contributed by atoms with E-state index in [1.807, 2.05) is 62.7 Å². The number of amides is 1. The van der Waals surface area contributed by atoms with Crippen molar-refractivity contribution in [1.29, 1.82) is 0 Å². The van der Waals surface area contributed by atoms with Crippen LogP contribution in [-0.2, 0) is 26.3 Å². The number of piperidine rings is 1. The van der Waals surface area contributed by atoms with Crippen LogP contribution in [0.25, 0.3) is 0 Å². The van der Waals surface area contributed by atoms with Crippen molar-refractivity contribution in [3.63, 3.8) is 0 Å². The molecular formula is C31H40N2O5. The monoisotopic (exact) mass is 520 g/mol. The third-order valence-electron chi connectivity index (χ3n) is 8.96. The van der Waals surface area contributed by atoms with Crippen LogP contribution in [0.4, 0.5) is 4.79 Å². The Morgan fingerprint density at radius 3 is 2.55 bits per heavy atom. The second kappa shape index (κ2) is 11.1. The quantitative estimate of drug-likeness (QED) is 0.353. The number of hydrogen-bond donors (Lipinski definition) is 0. The van der Waals surface area contributed by atoms with Gasteiger partial charge in [0.05, 0.1) is 5.60 Å². The Balaban J connectivity index is 1.41. The molecular weight excluding hydrogens is 480 g/mol. The molecule has 1 saturated heterocycles. The summed E-state index contributed by atoms with van der Waals surface area (Å²) in [6.45, 7) is 4.66. The van der Waals surface area contributed by atoms with Crippen LogP contribution in [-0.4, -0.2) is 67.3 Å². The van der Waals surface area contributed by atoms with Crippen molar-refractivity contribution in [2.45, 2.75) is 69.1 Å². The number of methoxy groups -OCH3 is 1. The van der Waals surface area contributed by atoms with Gasteiger partial charge in [-0.25, -0.2) is 4.79 Å². The highest BCUT2D eigenvalue weighted by Gasteiger charge is 2.59. The second-order valence-corrected chi connectivity index (χ2v) is 11.4. The van der Waals surface area contributed by atoms with E-state index in [-0.39, 0.29) is 35.7 Å². The van der Waals surface area contributed by atoms with E-state index in [9.17, 15) is 9.59 Å². The van der Waals surface area contributed by atoms with E-state index in [2.05, 4.69) is 11.0 Å². The lowest BCUT2D eigenvalue weighted by atomic mass is 9.55. The molecule has 0 N–H and O–H groups in total. The Morgan fingerprint density at radius 1 is 1.05 bits per heavy atom. The van der Waals surface area contributed by atoms with Gasteiger partial charge < -0.3 is 24.0 Å². The number of ether oxygens (including phenoxy) is 3. The standard InChI is InChI=1S/C31H40N2O5/c1-23(34)38-28-11-7-10-26(18-28)30-16-17-33(20-24-12-13-24)22-31(30,36-3)15-14-27(19-30)32(2)29(35)37-21-25-8-5-4-6-9-25/h4-11,18,24,27H,12-17,19-22H2,1-3H3. The van der Waals surface area contributed by atoms with Crippen LogP contribution in [0.2, 0.25) is 0 Å². The lowest BCUT2D eigenvalue weighted by Crippen LogP contribution is -2.68. The minimum Gasteiger partial charge on any atom is -0.445 e. The summed E-state index contributed by atoms with van der Waals surface area (Å²) in [5, 5.41) is 0. The van der Waals surface area contributed by atoms with E-state index in [4.69, 9.17) is 14.2 Å². The summed E-state index contributed by atoms with van der Waals surface area (Å²) in [5.41, 5.74) is 1.37. The van der Waals surface area contributed by atoms with Crippen molar-refractivity contribution < 1.29 is 23.8 Å². The second-order valence-electron chi connectivity index (χ2n) is 11.4. The summed E-state index contributed by atoms with van der Waals surface area (Å²) in [4.78, 5) is 29.2. The Bertz CT molecular complexity index is 1140. The zero-order valence-electron chi connectivity index (χ0n) is 22.9. The molecule has 0 bridgehead atoms. The van der Waals surface area contributed by atoms with Gasteiger partial charge >= 0.3 is 12.1 Å². The molecule has 1 aliphatic heterocycles. The van der Waals surface area contributed by atoms with Gasteiger partial charge in [-0.3, -0.25) is 4.79 Å². The highest BCUT2D eigenvalue weighted by Crippen LogP contribution is 2.54. The van der Waals surface area contributed by atoms with Gasteiger partial charge in [-0.1, -0.05) is 42.5 Å². The molecule has 38 heavy (non-hydrogen) atoms. The first-order valence-electron chi connectivity index (χ1n) is 13.8. The minimum absolute atomic E-state index is 0.00825. The van der Waals surface area contributed by atoms with Gasteiger partial charge in [-0.15, -0.1) is 0 Å². The van der Waals surface area contributed by atoms with E-state index >= 15 is 0 Å². The van der Waals surface area contributed by atoms with Crippen LogP contribution < -0.4 is 4.74 Å². The Morgan fingerprint density at radius 2 is 1.84 bits per heavy atom. The molecule has 0 spiro atoms. The maximum atomic E-state index is 13.1. The lowest BCUT2D eigenvalue weighted by molar-refractivity contribution is -0.154. The predicted octanol–water partition coefficient (Wildman–Crippen LogP) is 5.17. The van der Waals surface area contributed by atoms with Crippen molar-refractivity contribution in [1.82, 2.24) is 9.80 Å². The highest BCUT2D eigenvalue weighted by atomic mass is 16.6. The van der Waals surface area contributed by atoms with Crippen LogP contribution in [0.1, 0.15) is 56.6 Å². The fourth-order valence-electron chi connectivity index (χ4n) is 6.71. The molecule has 0 radical (unpaired) electrons. The van der Waals surface area contributed by atoms with Gasteiger partial charge in [0.15, 0.2) is 0 Å². The largest absolute Gasteiger partial charge is 0.445 e. The fraction of sp³-hybridized carbons (Fsp3) is 0.548. The molecule has 2 aromatic carbocycles. The zero-order chi connectivity index (χ0) is 26.8. The summed E-state index contributed by atoms with van der Waals surface area (Å²) < 4.78 is 17.7. The van der Waals surface area contributed by atoms with E-state index in [0.717, 1.165) is 62.4 Å². The van der Waals surface area contributed by atoms with Gasteiger partial charge in [0.1, 0.15) is 12.4 Å². The van der Waals surface area contributed by atoms with Crippen molar-refractivity contribution in [3.8, 4) is 5.75 Å². The average Bonchev–Trinajstić information content (AvgIpc) is 3.75. The molecule has 7 heteroatoms. The summed E-state index contributed by atoms with van der Waals surface area (Å²) in [7, 11) is 3.69. The van der Waals surface area contributed by atoms with Crippen LogP contribution in [0.3, 0.4) is 0 Å². The normalized spacial score (nSPS) is 27.3. The summed E-state index contributed by atoms with van der Waals surface area (Å²) in [6, 6.07) is 17.7. The molecule has 204 valence electrons. The molecule has 3 fully saturated rings. The van der Waals surface area contributed by atoms with Crippen molar-refractivity contribution in [2.75, 3.05) is 33.8 Å². The van der Waals surface area contributed by atoms with Crippen LogP contribution in [0.15, 0.2) is 54.6 Å². The van der Waals surface area contributed by atoms with Gasteiger partial charge in [-0.05, 0) is 74.2 Å². The number of nitrogens with zero attached hydrogens (tertiary/aromatic N) is 2. The summed E-state index contributed by atoms with van der Waals surface area (Å²) in [6.07, 6.45) is 5.70. The first kappa shape index (κ1) is 26.7. The SMILES string of the molecule is COC12CCC(N(C)C(=O)OCc3ccccc3)CC1(c1cccc(OC(C)=O)c1)CCN(CC1CC1)C2. The van der Waals surface area contributed by atoms with Gasteiger partial charge in [-0.2, -0.15) is 0 Å². The zero-order valence-corrected chi connectivity index (χ0v) is 22.9. The third-order valence-corrected chi connectivity index (χ3v) is 8.96. The molecule has 1 heterocycles. The van der Waals surface area contributed by atoms with Crippen LogP contribution >= 0.6 is 0 Å². The molecule has 2 aliphatic carbocycles. The smallest absolute Gasteiger partial charge is 0.410 e.